The molecule has 3 heterocycles. The highest BCUT2D eigenvalue weighted by atomic mass is 16.6. The summed E-state index contributed by atoms with van der Waals surface area (Å²) in [7, 11) is 0. The van der Waals surface area contributed by atoms with Gasteiger partial charge in [-0.3, -0.25) is 19.6 Å². The molecule has 140 valence electrons. The molecular formula is C17H22N4O5. The Labute approximate surface area is 150 Å². The van der Waals surface area contributed by atoms with Gasteiger partial charge in [0, 0.05) is 13.1 Å². The molecule has 0 spiro atoms. The first-order chi connectivity index (χ1) is 12.3. The minimum absolute atomic E-state index is 0.00384. The van der Waals surface area contributed by atoms with Crippen molar-refractivity contribution >= 4 is 11.6 Å². The van der Waals surface area contributed by atoms with Crippen LogP contribution in [0.5, 0.6) is 0 Å². The van der Waals surface area contributed by atoms with Gasteiger partial charge in [0.25, 0.3) is 5.91 Å². The third-order valence-electron chi connectivity index (χ3n) is 4.41. The number of morpholine rings is 1. The Bertz CT molecular complexity index is 830. The first-order valence-electron chi connectivity index (χ1n) is 8.48. The highest BCUT2D eigenvalue weighted by Gasteiger charge is 2.28. The monoisotopic (exact) mass is 362 g/mol. The number of hydrogen-bond donors (Lipinski definition) is 0. The molecule has 0 saturated carbocycles. The molecule has 0 bridgehead atoms. The van der Waals surface area contributed by atoms with Gasteiger partial charge in [-0.25, -0.2) is 0 Å². The topological polar surface area (TPSA) is 104 Å². The van der Waals surface area contributed by atoms with E-state index in [0.29, 0.717) is 30.2 Å². The van der Waals surface area contributed by atoms with Crippen LogP contribution in [-0.4, -0.2) is 50.8 Å². The van der Waals surface area contributed by atoms with Crippen LogP contribution in [0.25, 0.3) is 0 Å². The number of nitro groups is 1. The predicted octanol–water partition coefficient (Wildman–Crippen LogP) is 2.30. The van der Waals surface area contributed by atoms with E-state index in [9.17, 15) is 14.9 Å². The van der Waals surface area contributed by atoms with E-state index in [-0.39, 0.29) is 36.1 Å². The zero-order valence-corrected chi connectivity index (χ0v) is 15.3. The average molecular weight is 362 g/mol. The van der Waals surface area contributed by atoms with Gasteiger partial charge in [-0.1, -0.05) is 0 Å². The maximum Gasteiger partial charge on any atom is 0.312 e. The van der Waals surface area contributed by atoms with E-state index < -0.39 is 4.92 Å². The molecule has 1 saturated heterocycles. The Morgan fingerprint density at radius 2 is 1.96 bits per heavy atom. The third kappa shape index (κ3) is 3.48. The molecule has 2 atom stereocenters. The minimum atomic E-state index is -0.438. The molecule has 9 nitrogen and oxygen atoms in total. The lowest BCUT2D eigenvalue weighted by atomic mass is 10.2. The molecule has 3 rings (SSSR count). The lowest BCUT2D eigenvalue weighted by molar-refractivity contribution is -0.386. The number of hydrogen-bond acceptors (Lipinski definition) is 6. The molecule has 1 fully saturated rings. The zero-order valence-electron chi connectivity index (χ0n) is 15.3. The Balaban J connectivity index is 1.75. The number of aromatic nitrogens is 2. The van der Waals surface area contributed by atoms with E-state index in [1.165, 1.54) is 4.68 Å². The fourth-order valence-corrected chi connectivity index (χ4v) is 3.33. The number of furan rings is 1. The summed E-state index contributed by atoms with van der Waals surface area (Å²) in [6.07, 6.45) is -0.0419. The van der Waals surface area contributed by atoms with Gasteiger partial charge in [0.15, 0.2) is 5.76 Å². The van der Waals surface area contributed by atoms with E-state index in [1.807, 2.05) is 13.8 Å². The molecule has 0 aliphatic carbocycles. The summed E-state index contributed by atoms with van der Waals surface area (Å²) < 4.78 is 12.8. The van der Waals surface area contributed by atoms with Gasteiger partial charge in [-0.2, -0.15) is 5.10 Å². The summed E-state index contributed by atoms with van der Waals surface area (Å²) in [5, 5.41) is 15.3. The smallest absolute Gasteiger partial charge is 0.312 e. The maximum atomic E-state index is 12.6. The Morgan fingerprint density at radius 3 is 2.54 bits per heavy atom. The molecular weight excluding hydrogens is 340 g/mol. The Kier molecular flexibility index (Phi) is 4.82. The molecule has 1 aliphatic rings. The number of carbonyl (C=O) groups excluding carboxylic acids is 1. The summed E-state index contributed by atoms with van der Waals surface area (Å²) in [5.74, 6) is 0.582. The van der Waals surface area contributed by atoms with Crippen molar-refractivity contribution in [2.75, 3.05) is 13.1 Å². The van der Waals surface area contributed by atoms with Crippen LogP contribution in [0.4, 0.5) is 5.69 Å². The Hall–Kier alpha value is -2.68. The number of amides is 1. The van der Waals surface area contributed by atoms with Crippen LogP contribution in [0, 0.1) is 24.0 Å². The maximum absolute atomic E-state index is 12.6. The highest BCUT2D eigenvalue weighted by molar-refractivity contribution is 5.91. The van der Waals surface area contributed by atoms with Crippen LogP contribution in [0.3, 0.4) is 0 Å². The number of nitrogens with zero attached hydrogens (tertiary/aromatic N) is 4. The van der Waals surface area contributed by atoms with E-state index in [4.69, 9.17) is 9.15 Å². The molecule has 0 unspecified atom stereocenters. The van der Waals surface area contributed by atoms with Crippen molar-refractivity contribution < 1.29 is 18.9 Å². The van der Waals surface area contributed by atoms with Crippen molar-refractivity contribution in [1.82, 2.24) is 14.7 Å². The summed E-state index contributed by atoms with van der Waals surface area (Å²) >= 11 is 0. The predicted molar refractivity (Wildman–Crippen MR) is 92.1 cm³/mol. The average Bonchev–Trinajstić information content (AvgIpc) is 3.11. The molecule has 1 amide bonds. The molecule has 2 aromatic heterocycles. The van der Waals surface area contributed by atoms with Crippen molar-refractivity contribution in [1.29, 1.82) is 0 Å². The van der Waals surface area contributed by atoms with Crippen molar-refractivity contribution in [3.63, 3.8) is 0 Å². The van der Waals surface area contributed by atoms with E-state index >= 15 is 0 Å². The standard InChI is InChI=1S/C17H22N4O5/c1-10-7-19(8-11(2)25-10)17(22)15-6-5-14(26-15)9-20-13(4)16(21(23)24)12(3)18-20/h5-6,10-11H,7-9H2,1-4H3/t10-,11+. The number of ether oxygens (including phenoxy) is 1. The fraction of sp³-hybridized carbons (Fsp3) is 0.529. The van der Waals surface area contributed by atoms with Crippen LogP contribution in [-0.2, 0) is 11.3 Å². The van der Waals surface area contributed by atoms with Crippen molar-refractivity contribution in [2.45, 2.75) is 46.4 Å². The summed E-state index contributed by atoms with van der Waals surface area (Å²) in [4.78, 5) is 25.0. The quantitative estimate of drug-likeness (QED) is 0.611. The molecule has 0 N–H and O–H groups in total. The van der Waals surface area contributed by atoms with Crippen molar-refractivity contribution in [3.8, 4) is 0 Å². The summed E-state index contributed by atoms with van der Waals surface area (Å²) in [6, 6.07) is 3.32. The van der Waals surface area contributed by atoms with E-state index in [1.54, 1.807) is 30.9 Å². The van der Waals surface area contributed by atoms with Crippen LogP contribution in [0.1, 0.15) is 41.6 Å². The van der Waals surface area contributed by atoms with Crippen LogP contribution in [0.2, 0.25) is 0 Å². The third-order valence-corrected chi connectivity index (χ3v) is 4.41. The van der Waals surface area contributed by atoms with Gasteiger partial charge in [-0.15, -0.1) is 0 Å². The molecule has 1 aliphatic heterocycles. The van der Waals surface area contributed by atoms with Crippen LogP contribution in [0.15, 0.2) is 16.5 Å². The lowest BCUT2D eigenvalue weighted by Gasteiger charge is -2.34. The normalized spacial score (nSPS) is 20.4. The van der Waals surface area contributed by atoms with Crippen molar-refractivity contribution in [3.05, 3.63) is 45.2 Å². The first-order valence-corrected chi connectivity index (χ1v) is 8.48. The van der Waals surface area contributed by atoms with E-state index in [2.05, 4.69) is 5.10 Å². The van der Waals surface area contributed by atoms with Crippen LogP contribution < -0.4 is 0 Å². The van der Waals surface area contributed by atoms with Gasteiger partial charge in [-0.05, 0) is 39.8 Å². The molecule has 2 aromatic rings. The van der Waals surface area contributed by atoms with Crippen molar-refractivity contribution in [2.24, 2.45) is 0 Å². The molecule has 0 aromatic carbocycles. The van der Waals surface area contributed by atoms with Gasteiger partial charge in [0.1, 0.15) is 17.1 Å². The fourth-order valence-electron chi connectivity index (χ4n) is 3.33. The number of carbonyl (C=O) groups is 1. The largest absolute Gasteiger partial charge is 0.454 e. The first kappa shape index (κ1) is 18.1. The number of rotatable bonds is 4. The highest BCUT2D eigenvalue weighted by Crippen LogP contribution is 2.23. The second-order valence-corrected chi connectivity index (χ2v) is 6.67. The van der Waals surface area contributed by atoms with Crippen LogP contribution >= 0.6 is 0 Å². The SMILES string of the molecule is Cc1nn(Cc2ccc(C(=O)N3C[C@@H](C)O[C@@H](C)C3)o2)c(C)c1[N+](=O)[O-]. The molecule has 9 heteroatoms. The van der Waals surface area contributed by atoms with Gasteiger partial charge < -0.3 is 14.1 Å². The zero-order chi connectivity index (χ0) is 19.0. The van der Waals surface area contributed by atoms with Gasteiger partial charge in [0.2, 0.25) is 0 Å². The second kappa shape index (κ2) is 6.91. The van der Waals surface area contributed by atoms with E-state index in [0.717, 1.165) is 0 Å². The second-order valence-electron chi connectivity index (χ2n) is 6.67. The summed E-state index contributed by atoms with van der Waals surface area (Å²) in [6.45, 7) is 8.36. The lowest BCUT2D eigenvalue weighted by Crippen LogP contribution is -2.48. The van der Waals surface area contributed by atoms with Gasteiger partial charge >= 0.3 is 5.69 Å². The summed E-state index contributed by atoms with van der Waals surface area (Å²) in [5.41, 5.74) is 0.809. The number of aryl methyl sites for hydroxylation is 1. The molecule has 0 radical (unpaired) electrons. The minimum Gasteiger partial charge on any atom is -0.454 e. The molecule has 26 heavy (non-hydrogen) atoms. The van der Waals surface area contributed by atoms with Gasteiger partial charge in [0.05, 0.1) is 23.7 Å². The Morgan fingerprint density at radius 1 is 1.31 bits per heavy atom.